The van der Waals surface area contributed by atoms with Crippen molar-refractivity contribution in [2.45, 2.75) is 5.92 Å². The normalized spacial score (nSPS) is 11.5. The maximum atomic E-state index is 6.81. The second kappa shape index (κ2) is 7.47. The molecule has 2 heterocycles. The fourth-order valence-electron chi connectivity index (χ4n) is 4.26. The fraction of sp³-hybridized carbons (Fsp3) is 0.120. The monoisotopic (exact) mass is 416 g/mol. The van der Waals surface area contributed by atoms with Crippen LogP contribution < -0.4 is 9.47 Å². The first-order valence-corrected chi connectivity index (χ1v) is 10.1. The van der Waals surface area contributed by atoms with Crippen LogP contribution in [0.15, 0.2) is 73.1 Å². The smallest absolute Gasteiger partial charge is 0.162 e. The lowest BCUT2D eigenvalue weighted by molar-refractivity contribution is 0.354. The zero-order valence-corrected chi connectivity index (χ0v) is 17.5. The van der Waals surface area contributed by atoms with Gasteiger partial charge in [-0.15, -0.1) is 0 Å². The molecule has 150 valence electrons. The van der Waals surface area contributed by atoms with Crippen molar-refractivity contribution in [2.24, 2.45) is 0 Å². The molecule has 0 radical (unpaired) electrons. The van der Waals surface area contributed by atoms with Gasteiger partial charge in [-0.2, -0.15) is 0 Å². The predicted octanol–water partition coefficient (Wildman–Crippen LogP) is 6.50. The molecule has 5 rings (SSSR count). The summed E-state index contributed by atoms with van der Waals surface area (Å²) in [6.07, 6.45) is 4.15. The number of methoxy groups -OCH3 is 2. The standard InChI is InChI=1S/C25H21ClN2O2/c1-29-23-11-17(20(26)12-24(23)30-2)25(18-13-27-21-9-5-3-7-15(18)21)19-14-28-22-10-6-4-8-16(19)22/h3-14,25,27-28H,1-2H3. The van der Waals surface area contributed by atoms with Crippen molar-refractivity contribution in [3.63, 3.8) is 0 Å². The van der Waals surface area contributed by atoms with Crippen molar-refractivity contribution in [1.82, 2.24) is 9.97 Å². The van der Waals surface area contributed by atoms with Gasteiger partial charge in [0.1, 0.15) is 0 Å². The lowest BCUT2D eigenvalue weighted by atomic mass is 9.84. The molecule has 0 saturated carbocycles. The molecule has 0 aliphatic rings. The second-order valence-electron chi connectivity index (χ2n) is 7.24. The SMILES string of the molecule is COc1cc(Cl)c(C(c2c[nH]c3ccccc23)c2c[nH]c3ccccc23)cc1OC. The Labute approximate surface area is 179 Å². The number of halogens is 1. The van der Waals surface area contributed by atoms with Crippen molar-refractivity contribution >= 4 is 33.4 Å². The second-order valence-corrected chi connectivity index (χ2v) is 7.65. The van der Waals surface area contributed by atoms with Crippen LogP contribution in [0, 0.1) is 0 Å². The van der Waals surface area contributed by atoms with E-state index in [4.69, 9.17) is 21.1 Å². The molecule has 4 nitrogen and oxygen atoms in total. The minimum absolute atomic E-state index is 0.0930. The Morgan fingerprint density at radius 2 is 1.20 bits per heavy atom. The van der Waals surface area contributed by atoms with Crippen LogP contribution in [0.2, 0.25) is 5.02 Å². The van der Waals surface area contributed by atoms with Gasteiger partial charge in [-0.1, -0.05) is 48.0 Å². The van der Waals surface area contributed by atoms with Gasteiger partial charge in [0.05, 0.1) is 14.2 Å². The number of ether oxygens (including phenoxy) is 2. The molecule has 5 heteroatoms. The third kappa shape index (κ3) is 2.92. The summed E-state index contributed by atoms with van der Waals surface area (Å²) in [5.41, 5.74) is 5.46. The lowest BCUT2D eigenvalue weighted by Crippen LogP contribution is -2.04. The van der Waals surface area contributed by atoms with Gasteiger partial charge in [0.15, 0.2) is 11.5 Å². The summed E-state index contributed by atoms with van der Waals surface area (Å²) in [6, 6.07) is 20.4. The molecule has 0 atom stereocenters. The highest BCUT2D eigenvalue weighted by atomic mass is 35.5. The third-order valence-electron chi connectivity index (χ3n) is 5.68. The first-order chi connectivity index (χ1) is 14.7. The van der Waals surface area contributed by atoms with Gasteiger partial charge in [-0.3, -0.25) is 0 Å². The number of benzene rings is 3. The summed E-state index contributed by atoms with van der Waals surface area (Å²) in [7, 11) is 3.26. The maximum Gasteiger partial charge on any atom is 0.162 e. The Morgan fingerprint density at radius 1 is 0.700 bits per heavy atom. The van der Waals surface area contributed by atoms with Gasteiger partial charge >= 0.3 is 0 Å². The molecule has 0 bridgehead atoms. The number of fused-ring (bicyclic) bond motifs is 2. The molecule has 0 aliphatic carbocycles. The van der Waals surface area contributed by atoms with Gasteiger partial charge in [0.2, 0.25) is 0 Å². The first kappa shape index (κ1) is 18.6. The lowest BCUT2D eigenvalue weighted by Gasteiger charge is -2.20. The molecule has 0 spiro atoms. The minimum atomic E-state index is -0.0930. The molecule has 0 saturated heterocycles. The summed E-state index contributed by atoms with van der Waals surface area (Å²) >= 11 is 6.81. The molecule has 2 aromatic heterocycles. The van der Waals surface area contributed by atoms with Gasteiger partial charge in [0.25, 0.3) is 0 Å². The molecule has 0 fully saturated rings. The van der Waals surface area contributed by atoms with E-state index in [1.54, 1.807) is 14.2 Å². The first-order valence-electron chi connectivity index (χ1n) is 9.74. The van der Waals surface area contributed by atoms with E-state index in [9.17, 15) is 0 Å². The van der Waals surface area contributed by atoms with Crippen LogP contribution in [0.25, 0.3) is 21.8 Å². The number of H-pyrrole nitrogens is 2. The average Bonchev–Trinajstić information content (AvgIpc) is 3.40. The van der Waals surface area contributed by atoms with Crippen LogP contribution in [-0.4, -0.2) is 24.2 Å². The fourth-order valence-corrected chi connectivity index (χ4v) is 4.52. The Hall–Kier alpha value is -3.37. The Morgan fingerprint density at radius 3 is 1.73 bits per heavy atom. The Bertz CT molecular complexity index is 1280. The van der Waals surface area contributed by atoms with Crippen molar-refractivity contribution in [3.05, 3.63) is 94.8 Å². The van der Waals surface area contributed by atoms with Crippen molar-refractivity contribution < 1.29 is 9.47 Å². The van der Waals surface area contributed by atoms with Crippen LogP contribution >= 0.6 is 11.6 Å². The number of hydrogen-bond acceptors (Lipinski definition) is 2. The van der Waals surface area contributed by atoms with Gasteiger partial charge in [0, 0.05) is 51.2 Å². The molecular weight excluding hydrogens is 396 g/mol. The largest absolute Gasteiger partial charge is 0.493 e. The molecular formula is C25H21ClN2O2. The summed E-state index contributed by atoms with van der Waals surface area (Å²) in [6.45, 7) is 0. The van der Waals surface area contributed by atoms with E-state index in [1.807, 2.05) is 24.3 Å². The van der Waals surface area contributed by atoms with Crippen molar-refractivity contribution in [3.8, 4) is 11.5 Å². The molecule has 30 heavy (non-hydrogen) atoms. The quantitative estimate of drug-likeness (QED) is 0.343. The highest BCUT2D eigenvalue weighted by molar-refractivity contribution is 6.31. The summed E-state index contributed by atoms with van der Waals surface area (Å²) < 4.78 is 11.0. The molecule has 0 aliphatic heterocycles. The average molecular weight is 417 g/mol. The minimum Gasteiger partial charge on any atom is -0.493 e. The van der Waals surface area contributed by atoms with Gasteiger partial charge < -0.3 is 19.4 Å². The van der Waals surface area contributed by atoms with E-state index in [0.717, 1.165) is 27.7 Å². The van der Waals surface area contributed by atoms with E-state index in [2.05, 4.69) is 58.8 Å². The van der Waals surface area contributed by atoms with Crippen molar-refractivity contribution in [2.75, 3.05) is 14.2 Å². The van der Waals surface area contributed by atoms with E-state index >= 15 is 0 Å². The number of aromatic amines is 2. The Kier molecular flexibility index (Phi) is 4.64. The van der Waals surface area contributed by atoms with E-state index < -0.39 is 0 Å². The number of rotatable bonds is 5. The summed E-state index contributed by atoms with van der Waals surface area (Å²) in [5.74, 6) is 1.18. The van der Waals surface area contributed by atoms with Crippen LogP contribution in [0.5, 0.6) is 11.5 Å². The zero-order valence-electron chi connectivity index (χ0n) is 16.7. The van der Waals surface area contributed by atoms with E-state index in [1.165, 1.54) is 10.8 Å². The molecule has 3 aromatic carbocycles. The predicted molar refractivity (Wildman–Crippen MR) is 122 cm³/mol. The van der Waals surface area contributed by atoms with E-state index in [0.29, 0.717) is 16.5 Å². The number of nitrogens with one attached hydrogen (secondary N) is 2. The van der Waals surface area contributed by atoms with Crippen LogP contribution in [0.1, 0.15) is 22.6 Å². The highest BCUT2D eigenvalue weighted by Crippen LogP contribution is 2.45. The molecule has 0 amide bonds. The molecule has 0 unspecified atom stereocenters. The van der Waals surface area contributed by atoms with Gasteiger partial charge in [-0.25, -0.2) is 0 Å². The maximum absolute atomic E-state index is 6.81. The molecule has 5 aromatic rings. The number of para-hydroxylation sites is 2. The van der Waals surface area contributed by atoms with Crippen LogP contribution in [0.3, 0.4) is 0 Å². The number of hydrogen-bond donors (Lipinski definition) is 2. The van der Waals surface area contributed by atoms with Crippen LogP contribution in [-0.2, 0) is 0 Å². The number of aromatic nitrogens is 2. The summed E-state index contributed by atoms with van der Waals surface area (Å²) in [4.78, 5) is 6.82. The third-order valence-corrected chi connectivity index (χ3v) is 6.01. The van der Waals surface area contributed by atoms with Gasteiger partial charge in [-0.05, 0) is 34.9 Å². The Balaban J connectivity index is 1.82. The zero-order chi connectivity index (χ0) is 20.7. The highest BCUT2D eigenvalue weighted by Gasteiger charge is 2.26. The van der Waals surface area contributed by atoms with Crippen LogP contribution in [0.4, 0.5) is 0 Å². The summed E-state index contributed by atoms with van der Waals surface area (Å²) in [5, 5.41) is 2.96. The van der Waals surface area contributed by atoms with E-state index in [-0.39, 0.29) is 5.92 Å². The molecule has 2 N–H and O–H groups in total. The topological polar surface area (TPSA) is 50.0 Å². The van der Waals surface area contributed by atoms with Crippen molar-refractivity contribution in [1.29, 1.82) is 0 Å².